The van der Waals surface area contributed by atoms with Crippen molar-refractivity contribution in [2.75, 3.05) is 24.7 Å². The van der Waals surface area contributed by atoms with Crippen LogP contribution in [-0.2, 0) is 9.47 Å². The first kappa shape index (κ1) is 22.3. The van der Waals surface area contributed by atoms with Gasteiger partial charge in [0.05, 0.1) is 24.3 Å². The molecule has 0 saturated heterocycles. The van der Waals surface area contributed by atoms with Crippen LogP contribution in [0.1, 0.15) is 65.7 Å². The lowest BCUT2D eigenvalue weighted by Crippen LogP contribution is -2.06. The fourth-order valence-corrected chi connectivity index (χ4v) is 2.82. The highest BCUT2D eigenvalue weighted by Crippen LogP contribution is 2.11. The first-order valence-corrected chi connectivity index (χ1v) is 10.1. The van der Waals surface area contributed by atoms with Crippen LogP contribution in [0.3, 0.4) is 0 Å². The molecule has 2 aromatic rings. The second-order valence-corrected chi connectivity index (χ2v) is 6.99. The van der Waals surface area contributed by atoms with E-state index in [1.54, 1.807) is 48.5 Å². The molecule has 2 aromatic carbocycles. The predicted molar refractivity (Wildman–Crippen MR) is 115 cm³/mol. The summed E-state index contributed by atoms with van der Waals surface area (Å²) in [5.41, 5.74) is 13.5. The number of esters is 2. The van der Waals surface area contributed by atoms with Gasteiger partial charge in [-0.15, -0.1) is 0 Å². The van der Waals surface area contributed by atoms with Crippen LogP contribution >= 0.6 is 0 Å². The lowest BCUT2D eigenvalue weighted by Gasteiger charge is -2.06. The van der Waals surface area contributed by atoms with E-state index in [2.05, 4.69) is 0 Å². The summed E-state index contributed by atoms with van der Waals surface area (Å²) in [5, 5.41) is 0. The lowest BCUT2D eigenvalue weighted by atomic mass is 10.1. The summed E-state index contributed by atoms with van der Waals surface area (Å²) in [7, 11) is 0. The summed E-state index contributed by atoms with van der Waals surface area (Å²) in [6.45, 7) is 0.870. The number of hydrogen-bond acceptors (Lipinski definition) is 6. The molecule has 0 radical (unpaired) electrons. The maximum Gasteiger partial charge on any atom is 0.338 e. The molecule has 6 nitrogen and oxygen atoms in total. The molecule has 29 heavy (non-hydrogen) atoms. The molecule has 0 aliphatic rings. The monoisotopic (exact) mass is 398 g/mol. The number of carbonyl (C=O) groups excluding carboxylic acids is 2. The standard InChI is InChI=1S/C23H30N2O4/c24-20-12-8-18(9-13-20)22(26)28-16-6-4-2-1-3-5-7-17-29-23(27)19-10-14-21(25)15-11-19/h8-15H,1-7,16-17,24-25H2. The Labute approximate surface area is 172 Å². The zero-order valence-electron chi connectivity index (χ0n) is 16.8. The van der Waals surface area contributed by atoms with Crippen molar-refractivity contribution in [3.63, 3.8) is 0 Å². The van der Waals surface area contributed by atoms with Gasteiger partial charge in [-0.2, -0.15) is 0 Å². The summed E-state index contributed by atoms with van der Waals surface area (Å²) in [6.07, 6.45) is 7.11. The molecular formula is C23H30N2O4. The average Bonchev–Trinajstić information content (AvgIpc) is 2.72. The third-order valence-corrected chi connectivity index (χ3v) is 4.55. The van der Waals surface area contributed by atoms with Crippen molar-refractivity contribution in [3.8, 4) is 0 Å². The second kappa shape index (κ2) is 12.4. The van der Waals surface area contributed by atoms with E-state index in [-0.39, 0.29) is 11.9 Å². The van der Waals surface area contributed by atoms with Gasteiger partial charge >= 0.3 is 11.9 Å². The molecule has 2 rings (SSSR count). The molecule has 0 spiro atoms. The number of nitrogens with two attached hydrogens (primary N) is 2. The van der Waals surface area contributed by atoms with Crippen LogP contribution in [-0.4, -0.2) is 25.2 Å². The summed E-state index contributed by atoms with van der Waals surface area (Å²) in [5.74, 6) is -0.614. The maximum atomic E-state index is 11.8. The number of unbranched alkanes of at least 4 members (excludes halogenated alkanes) is 6. The van der Waals surface area contributed by atoms with Gasteiger partial charge in [-0.3, -0.25) is 0 Å². The van der Waals surface area contributed by atoms with Gasteiger partial charge in [-0.1, -0.05) is 32.1 Å². The van der Waals surface area contributed by atoms with Crippen molar-refractivity contribution in [1.29, 1.82) is 0 Å². The molecular weight excluding hydrogens is 368 g/mol. The Morgan fingerprint density at radius 2 is 0.862 bits per heavy atom. The number of carbonyl (C=O) groups is 2. The summed E-state index contributed by atoms with van der Waals surface area (Å²) in [4.78, 5) is 23.7. The number of rotatable bonds is 12. The Hall–Kier alpha value is -3.02. The van der Waals surface area contributed by atoms with Crippen molar-refractivity contribution >= 4 is 23.3 Å². The number of anilines is 2. The Bertz CT molecular complexity index is 692. The van der Waals surface area contributed by atoms with Crippen LogP contribution in [0.2, 0.25) is 0 Å². The van der Waals surface area contributed by atoms with Gasteiger partial charge in [0.15, 0.2) is 0 Å². The van der Waals surface area contributed by atoms with E-state index in [4.69, 9.17) is 20.9 Å². The smallest absolute Gasteiger partial charge is 0.338 e. The zero-order valence-corrected chi connectivity index (χ0v) is 16.8. The molecule has 156 valence electrons. The molecule has 0 saturated carbocycles. The molecule has 0 aromatic heterocycles. The normalized spacial score (nSPS) is 10.5. The van der Waals surface area contributed by atoms with Crippen molar-refractivity contribution in [2.45, 2.75) is 44.9 Å². The largest absolute Gasteiger partial charge is 0.462 e. The minimum atomic E-state index is -0.307. The SMILES string of the molecule is Nc1ccc(C(=O)OCCCCCCCCCOC(=O)c2ccc(N)cc2)cc1. The van der Waals surface area contributed by atoms with Gasteiger partial charge in [0.1, 0.15) is 0 Å². The van der Waals surface area contributed by atoms with Gasteiger partial charge in [-0.25, -0.2) is 9.59 Å². The summed E-state index contributed by atoms with van der Waals surface area (Å²) >= 11 is 0. The number of nitrogen functional groups attached to an aromatic ring is 2. The average molecular weight is 399 g/mol. The molecule has 0 amide bonds. The first-order valence-electron chi connectivity index (χ1n) is 10.1. The highest BCUT2D eigenvalue weighted by Gasteiger charge is 2.07. The Kier molecular flexibility index (Phi) is 9.55. The van der Waals surface area contributed by atoms with E-state index >= 15 is 0 Å². The van der Waals surface area contributed by atoms with Crippen molar-refractivity contribution in [1.82, 2.24) is 0 Å². The third-order valence-electron chi connectivity index (χ3n) is 4.55. The Balaban J connectivity index is 1.41. The zero-order chi connectivity index (χ0) is 20.9. The molecule has 0 bridgehead atoms. The van der Waals surface area contributed by atoms with E-state index < -0.39 is 0 Å². The molecule has 0 aliphatic heterocycles. The van der Waals surface area contributed by atoms with E-state index in [1.807, 2.05) is 0 Å². The highest BCUT2D eigenvalue weighted by atomic mass is 16.5. The minimum Gasteiger partial charge on any atom is -0.462 e. The van der Waals surface area contributed by atoms with Crippen molar-refractivity contribution < 1.29 is 19.1 Å². The number of ether oxygens (including phenoxy) is 2. The molecule has 0 atom stereocenters. The van der Waals surface area contributed by atoms with Crippen molar-refractivity contribution in [2.24, 2.45) is 0 Å². The van der Waals surface area contributed by atoms with Crippen LogP contribution in [0.25, 0.3) is 0 Å². The van der Waals surface area contributed by atoms with E-state index in [9.17, 15) is 9.59 Å². The van der Waals surface area contributed by atoms with E-state index in [0.29, 0.717) is 35.7 Å². The van der Waals surface area contributed by atoms with Gasteiger partial charge < -0.3 is 20.9 Å². The van der Waals surface area contributed by atoms with Crippen molar-refractivity contribution in [3.05, 3.63) is 59.7 Å². The van der Waals surface area contributed by atoms with Gasteiger partial charge in [0.25, 0.3) is 0 Å². The van der Waals surface area contributed by atoms with Crippen LogP contribution in [0.4, 0.5) is 11.4 Å². The minimum absolute atomic E-state index is 0.307. The van der Waals surface area contributed by atoms with E-state index in [0.717, 1.165) is 44.9 Å². The Morgan fingerprint density at radius 3 is 1.21 bits per heavy atom. The molecule has 0 fully saturated rings. The van der Waals surface area contributed by atoms with Gasteiger partial charge in [-0.05, 0) is 61.4 Å². The quantitative estimate of drug-likeness (QED) is 0.308. The van der Waals surface area contributed by atoms with Crippen LogP contribution < -0.4 is 11.5 Å². The molecule has 0 heterocycles. The van der Waals surface area contributed by atoms with Gasteiger partial charge in [0, 0.05) is 11.4 Å². The summed E-state index contributed by atoms with van der Waals surface area (Å²) in [6, 6.07) is 13.4. The molecule has 0 unspecified atom stereocenters. The molecule has 6 heteroatoms. The first-order chi connectivity index (χ1) is 14.1. The second-order valence-electron chi connectivity index (χ2n) is 6.99. The predicted octanol–water partition coefficient (Wildman–Crippen LogP) is 4.60. The summed E-state index contributed by atoms with van der Waals surface area (Å²) < 4.78 is 10.5. The lowest BCUT2D eigenvalue weighted by molar-refractivity contribution is 0.0490. The third kappa shape index (κ3) is 8.68. The fraction of sp³-hybridized carbons (Fsp3) is 0.391. The highest BCUT2D eigenvalue weighted by molar-refractivity contribution is 5.90. The number of benzene rings is 2. The molecule has 0 aliphatic carbocycles. The van der Waals surface area contributed by atoms with Crippen LogP contribution in [0.5, 0.6) is 0 Å². The Morgan fingerprint density at radius 1 is 0.552 bits per heavy atom. The maximum absolute atomic E-state index is 11.8. The molecule has 4 N–H and O–H groups in total. The topological polar surface area (TPSA) is 105 Å². The van der Waals surface area contributed by atoms with Gasteiger partial charge in [0.2, 0.25) is 0 Å². The number of hydrogen-bond donors (Lipinski definition) is 2. The van der Waals surface area contributed by atoms with Crippen LogP contribution in [0, 0.1) is 0 Å². The van der Waals surface area contributed by atoms with Crippen LogP contribution in [0.15, 0.2) is 48.5 Å². The van der Waals surface area contributed by atoms with E-state index in [1.165, 1.54) is 0 Å². The fourth-order valence-electron chi connectivity index (χ4n) is 2.82.